The van der Waals surface area contributed by atoms with Gasteiger partial charge in [-0.1, -0.05) is 11.6 Å². The largest absolute Gasteiger partial charge is 0.439 e. The second kappa shape index (κ2) is 5.77. The van der Waals surface area contributed by atoms with Crippen molar-refractivity contribution in [2.24, 2.45) is 0 Å². The van der Waals surface area contributed by atoms with E-state index in [1.165, 1.54) is 6.20 Å². The number of carbonyl (C=O) groups excluding carboxylic acids is 2. The highest BCUT2D eigenvalue weighted by Gasteiger charge is 2.45. The van der Waals surface area contributed by atoms with E-state index in [0.29, 0.717) is 41.9 Å². The summed E-state index contributed by atoms with van der Waals surface area (Å²) in [6.45, 7) is 1.18. The van der Waals surface area contributed by atoms with Gasteiger partial charge in [-0.2, -0.15) is 0 Å². The number of halogens is 1. The molecule has 2 aliphatic rings. The van der Waals surface area contributed by atoms with Gasteiger partial charge in [0.25, 0.3) is 5.91 Å². The molecule has 0 saturated carbocycles. The summed E-state index contributed by atoms with van der Waals surface area (Å²) in [5.41, 5.74) is -0.374. The minimum Gasteiger partial charge on any atom is -0.439 e. The van der Waals surface area contributed by atoms with Crippen LogP contribution in [0.2, 0.25) is 5.02 Å². The predicted molar refractivity (Wildman–Crippen MR) is 91.9 cm³/mol. The molecule has 130 valence electrons. The van der Waals surface area contributed by atoms with Gasteiger partial charge in [-0.15, -0.1) is 0 Å². The standard InChI is InChI=1S/C17H16ClN3O4/c18-10-2-3-11-13(6-10)19-7-12(14(11)22)15(23)21-5-1-4-17(9-21)8-20-16(24)25-17/h2-3,6-7H,1,4-5,8-9H2,(H,19,22)(H,20,24)/t17-/m1/s1. The minimum absolute atomic E-state index is 0.0733. The molecule has 8 heteroatoms. The van der Waals surface area contributed by atoms with Gasteiger partial charge in [-0.05, 0) is 31.0 Å². The van der Waals surface area contributed by atoms with Crippen molar-refractivity contribution < 1.29 is 14.3 Å². The molecule has 2 saturated heterocycles. The van der Waals surface area contributed by atoms with E-state index < -0.39 is 11.7 Å². The summed E-state index contributed by atoms with van der Waals surface area (Å²) < 4.78 is 5.38. The lowest BCUT2D eigenvalue weighted by Crippen LogP contribution is -2.52. The van der Waals surface area contributed by atoms with Crippen LogP contribution >= 0.6 is 11.6 Å². The molecular formula is C17H16ClN3O4. The van der Waals surface area contributed by atoms with Crippen LogP contribution in [0.15, 0.2) is 29.2 Å². The molecule has 1 aromatic heterocycles. The summed E-state index contributed by atoms with van der Waals surface area (Å²) in [7, 11) is 0. The molecule has 0 radical (unpaired) electrons. The molecule has 0 aliphatic carbocycles. The van der Waals surface area contributed by atoms with E-state index in [1.54, 1.807) is 23.1 Å². The van der Waals surface area contributed by atoms with E-state index >= 15 is 0 Å². The SMILES string of the molecule is O=C1NC[C@@]2(CCCN(C(=O)c3c[nH]c4cc(Cl)ccc4c3=O)C2)O1. The molecule has 0 bridgehead atoms. The summed E-state index contributed by atoms with van der Waals surface area (Å²) >= 11 is 5.93. The zero-order chi connectivity index (χ0) is 17.6. The van der Waals surface area contributed by atoms with Crippen molar-refractivity contribution in [2.45, 2.75) is 18.4 Å². The fourth-order valence-electron chi connectivity index (χ4n) is 3.52. The molecule has 7 nitrogen and oxygen atoms in total. The summed E-state index contributed by atoms with van der Waals surface area (Å²) in [5.74, 6) is -0.361. The number of likely N-dealkylation sites (tertiary alicyclic amines) is 1. The van der Waals surface area contributed by atoms with E-state index in [1.807, 2.05) is 0 Å². The maximum Gasteiger partial charge on any atom is 0.407 e. The van der Waals surface area contributed by atoms with Crippen molar-refractivity contribution >= 4 is 34.5 Å². The molecule has 3 heterocycles. The molecule has 0 unspecified atom stereocenters. The number of rotatable bonds is 1. The number of aromatic nitrogens is 1. The van der Waals surface area contributed by atoms with E-state index in [0.717, 1.165) is 0 Å². The van der Waals surface area contributed by atoms with Gasteiger partial charge in [0.1, 0.15) is 11.2 Å². The molecule has 25 heavy (non-hydrogen) atoms. The quantitative estimate of drug-likeness (QED) is 0.811. The number of H-pyrrole nitrogens is 1. The van der Waals surface area contributed by atoms with Crippen molar-refractivity contribution in [1.29, 1.82) is 0 Å². The zero-order valence-electron chi connectivity index (χ0n) is 13.3. The summed E-state index contributed by atoms with van der Waals surface area (Å²) in [6.07, 6.45) is 2.36. The average Bonchev–Trinajstić information content (AvgIpc) is 2.94. The number of hydrogen-bond donors (Lipinski definition) is 2. The molecule has 4 rings (SSSR count). The Kier molecular flexibility index (Phi) is 3.68. The number of ether oxygens (including phenoxy) is 1. The molecule has 2 fully saturated rings. The number of piperidine rings is 1. The average molecular weight is 362 g/mol. The topological polar surface area (TPSA) is 91.5 Å². The number of aromatic amines is 1. The Balaban J connectivity index is 1.65. The van der Waals surface area contributed by atoms with Crippen LogP contribution in [-0.2, 0) is 4.74 Å². The molecule has 2 N–H and O–H groups in total. The van der Waals surface area contributed by atoms with Gasteiger partial charge in [0, 0.05) is 23.2 Å². The Hall–Kier alpha value is -2.54. The number of alkyl carbamates (subject to hydrolysis) is 1. The van der Waals surface area contributed by atoms with Crippen LogP contribution in [0, 0.1) is 0 Å². The maximum atomic E-state index is 12.9. The number of fused-ring (bicyclic) bond motifs is 1. The van der Waals surface area contributed by atoms with Crippen LogP contribution in [0.4, 0.5) is 4.79 Å². The third-order valence-corrected chi connectivity index (χ3v) is 5.00. The van der Waals surface area contributed by atoms with Gasteiger partial charge in [0.05, 0.1) is 18.6 Å². The first-order valence-electron chi connectivity index (χ1n) is 8.05. The lowest BCUT2D eigenvalue weighted by Gasteiger charge is -2.38. The van der Waals surface area contributed by atoms with E-state index in [4.69, 9.17) is 16.3 Å². The Morgan fingerprint density at radius 3 is 2.92 bits per heavy atom. The van der Waals surface area contributed by atoms with Crippen LogP contribution in [-0.4, -0.2) is 47.1 Å². The lowest BCUT2D eigenvalue weighted by molar-refractivity contribution is -0.00509. The number of hydrogen-bond acceptors (Lipinski definition) is 4. The number of pyridine rings is 1. The van der Waals surface area contributed by atoms with Crippen molar-refractivity contribution in [2.75, 3.05) is 19.6 Å². The van der Waals surface area contributed by atoms with Crippen molar-refractivity contribution in [3.05, 3.63) is 45.2 Å². The number of nitrogens with one attached hydrogen (secondary N) is 2. The normalized spacial score (nSPS) is 22.9. The molecule has 2 aromatic rings. The van der Waals surface area contributed by atoms with E-state index in [9.17, 15) is 14.4 Å². The van der Waals surface area contributed by atoms with Gasteiger partial charge in [-0.25, -0.2) is 4.79 Å². The lowest BCUT2D eigenvalue weighted by atomic mass is 9.92. The third kappa shape index (κ3) is 2.74. The number of benzene rings is 1. The van der Waals surface area contributed by atoms with Gasteiger partial charge < -0.3 is 19.9 Å². The Morgan fingerprint density at radius 1 is 1.32 bits per heavy atom. The molecular weight excluding hydrogens is 346 g/mol. The van der Waals surface area contributed by atoms with Gasteiger partial charge >= 0.3 is 6.09 Å². The van der Waals surface area contributed by atoms with Crippen LogP contribution < -0.4 is 10.7 Å². The summed E-state index contributed by atoms with van der Waals surface area (Å²) in [4.78, 5) is 41.5. The van der Waals surface area contributed by atoms with Gasteiger partial charge in [0.15, 0.2) is 0 Å². The second-order valence-electron chi connectivity index (χ2n) is 6.48. The predicted octanol–water partition coefficient (Wildman–Crippen LogP) is 1.90. The van der Waals surface area contributed by atoms with Crippen LogP contribution in [0.5, 0.6) is 0 Å². The molecule has 1 aromatic carbocycles. The monoisotopic (exact) mass is 361 g/mol. The fourth-order valence-corrected chi connectivity index (χ4v) is 3.70. The number of amides is 2. The first-order chi connectivity index (χ1) is 12.0. The van der Waals surface area contributed by atoms with Crippen LogP contribution in [0.3, 0.4) is 0 Å². The molecule has 1 atom stereocenters. The molecule has 1 spiro atoms. The first-order valence-corrected chi connectivity index (χ1v) is 8.42. The van der Waals surface area contributed by atoms with Crippen molar-refractivity contribution in [3.8, 4) is 0 Å². The Morgan fingerprint density at radius 2 is 2.16 bits per heavy atom. The smallest absolute Gasteiger partial charge is 0.407 e. The van der Waals surface area contributed by atoms with Crippen molar-refractivity contribution in [1.82, 2.24) is 15.2 Å². The van der Waals surface area contributed by atoms with Gasteiger partial charge in [0.2, 0.25) is 5.43 Å². The third-order valence-electron chi connectivity index (χ3n) is 4.76. The van der Waals surface area contributed by atoms with E-state index in [2.05, 4.69) is 10.3 Å². The number of nitrogens with zero attached hydrogens (tertiary/aromatic N) is 1. The fraction of sp³-hybridized carbons (Fsp3) is 0.353. The summed E-state index contributed by atoms with van der Waals surface area (Å²) in [5, 5.41) is 3.56. The maximum absolute atomic E-state index is 12.9. The van der Waals surface area contributed by atoms with Crippen LogP contribution in [0.1, 0.15) is 23.2 Å². The van der Waals surface area contributed by atoms with Gasteiger partial charge in [-0.3, -0.25) is 9.59 Å². The Labute approximate surface area is 147 Å². The van der Waals surface area contributed by atoms with Crippen molar-refractivity contribution in [3.63, 3.8) is 0 Å². The highest BCUT2D eigenvalue weighted by molar-refractivity contribution is 6.31. The van der Waals surface area contributed by atoms with E-state index in [-0.39, 0.29) is 23.4 Å². The molecule has 2 aliphatic heterocycles. The summed E-state index contributed by atoms with van der Waals surface area (Å²) in [6, 6.07) is 4.87. The highest BCUT2D eigenvalue weighted by atomic mass is 35.5. The Bertz CT molecular complexity index is 941. The zero-order valence-corrected chi connectivity index (χ0v) is 14.1. The minimum atomic E-state index is -0.692. The molecule has 2 amide bonds. The van der Waals surface area contributed by atoms with Crippen LogP contribution in [0.25, 0.3) is 10.9 Å². The highest BCUT2D eigenvalue weighted by Crippen LogP contribution is 2.28. The number of carbonyl (C=O) groups is 2. The second-order valence-corrected chi connectivity index (χ2v) is 6.91. The first kappa shape index (κ1) is 16.0.